The monoisotopic (exact) mass is 301 g/mol. The maximum absolute atomic E-state index is 6.02. The van der Waals surface area contributed by atoms with Crippen LogP contribution in [0, 0.1) is 0 Å². The summed E-state index contributed by atoms with van der Waals surface area (Å²) < 4.78 is 0. The minimum atomic E-state index is 0.00352. The van der Waals surface area contributed by atoms with Gasteiger partial charge in [-0.1, -0.05) is 91.0 Å². The van der Waals surface area contributed by atoms with Crippen LogP contribution >= 0.6 is 0 Å². The van der Waals surface area contributed by atoms with Gasteiger partial charge in [0, 0.05) is 5.92 Å². The highest BCUT2D eigenvalue weighted by atomic mass is 16.7. The molecule has 0 aliphatic carbocycles. The third kappa shape index (κ3) is 2.79. The van der Waals surface area contributed by atoms with Gasteiger partial charge in [0.05, 0.1) is 6.04 Å². The molecule has 1 saturated heterocycles. The summed E-state index contributed by atoms with van der Waals surface area (Å²) in [5.74, 6) is 0.237. The van der Waals surface area contributed by atoms with Crippen molar-refractivity contribution in [1.82, 2.24) is 5.48 Å². The van der Waals surface area contributed by atoms with Gasteiger partial charge >= 0.3 is 0 Å². The van der Waals surface area contributed by atoms with E-state index in [0.717, 1.165) is 0 Å². The molecular weight excluding hydrogens is 282 g/mol. The zero-order valence-electron chi connectivity index (χ0n) is 12.8. The lowest BCUT2D eigenvalue weighted by Gasteiger charge is -2.22. The molecule has 4 rings (SSSR count). The summed E-state index contributed by atoms with van der Waals surface area (Å²) in [5, 5.41) is 0. The summed E-state index contributed by atoms with van der Waals surface area (Å²) in [4.78, 5) is 6.02. The van der Waals surface area contributed by atoms with Crippen LogP contribution in [-0.2, 0) is 4.84 Å². The Kier molecular flexibility index (Phi) is 3.93. The molecule has 1 aliphatic rings. The molecule has 1 N–H and O–H groups in total. The van der Waals surface area contributed by atoms with Crippen LogP contribution in [0.1, 0.15) is 34.8 Å². The molecule has 3 aromatic carbocycles. The van der Waals surface area contributed by atoms with Gasteiger partial charge in [-0.2, -0.15) is 5.48 Å². The van der Waals surface area contributed by atoms with Crippen molar-refractivity contribution < 1.29 is 4.84 Å². The van der Waals surface area contributed by atoms with Crippen molar-refractivity contribution in [2.24, 2.45) is 0 Å². The van der Waals surface area contributed by atoms with E-state index in [2.05, 4.69) is 84.3 Å². The third-order valence-corrected chi connectivity index (χ3v) is 4.48. The summed E-state index contributed by atoms with van der Waals surface area (Å²) in [6.07, 6.45) is 0.00352. The van der Waals surface area contributed by atoms with Crippen LogP contribution < -0.4 is 5.48 Å². The Morgan fingerprint density at radius 1 is 0.565 bits per heavy atom. The first kappa shape index (κ1) is 14.2. The predicted octanol–water partition coefficient (Wildman–Crippen LogP) is 4.79. The van der Waals surface area contributed by atoms with E-state index in [0.29, 0.717) is 0 Å². The Balaban J connectivity index is 1.77. The lowest BCUT2D eigenvalue weighted by molar-refractivity contribution is 0.0226. The average molecular weight is 301 g/mol. The van der Waals surface area contributed by atoms with Gasteiger partial charge in [-0.15, -0.1) is 0 Å². The lowest BCUT2D eigenvalue weighted by atomic mass is 9.82. The first-order chi connectivity index (χ1) is 11.4. The van der Waals surface area contributed by atoms with Gasteiger partial charge in [-0.3, -0.25) is 4.84 Å². The number of benzene rings is 3. The zero-order valence-corrected chi connectivity index (χ0v) is 12.8. The summed E-state index contributed by atoms with van der Waals surface area (Å²) in [6.45, 7) is 0. The van der Waals surface area contributed by atoms with E-state index in [1.54, 1.807) is 0 Å². The summed E-state index contributed by atoms with van der Waals surface area (Å²) >= 11 is 0. The molecule has 2 nitrogen and oxygen atoms in total. The van der Waals surface area contributed by atoms with Crippen molar-refractivity contribution in [2.45, 2.75) is 18.1 Å². The first-order valence-electron chi connectivity index (χ1n) is 7.99. The van der Waals surface area contributed by atoms with Crippen molar-refractivity contribution in [2.75, 3.05) is 0 Å². The fourth-order valence-corrected chi connectivity index (χ4v) is 3.36. The molecule has 0 radical (unpaired) electrons. The standard InChI is InChI=1S/C21H19NO/c1-4-10-16(11-5-1)19-20(17-12-6-2-7-13-17)22-23-21(19)18-14-8-3-9-15-18/h1-15,19-22H. The fourth-order valence-electron chi connectivity index (χ4n) is 3.36. The molecule has 0 amide bonds. The Bertz CT molecular complexity index is 695. The van der Waals surface area contributed by atoms with Crippen LogP contribution in [-0.4, -0.2) is 0 Å². The molecule has 3 unspecified atom stereocenters. The first-order valence-corrected chi connectivity index (χ1v) is 7.99. The zero-order chi connectivity index (χ0) is 15.5. The third-order valence-electron chi connectivity index (χ3n) is 4.48. The topological polar surface area (TPSA) is 21.3 Å². The second kappa shape index (κ2) is 6.37. The molecule has 1 fully saturated rings. The van der Waals surface area contributed by atoms with E-state index in [4.69, 9.17) is 4.84 Å². The molecule has 114 valence electrons. The average Bonchev–Trinajstić information content (AvgIpc) is 3.09. The Hall–Kier alpha value is -2.42. The molecule has 1 aliphatic heterocycles. The normalized spacial score (nSPS) is 23.7. The van der Waals surface area contributed by atoms with Crippen LogP contribution in [0.2, 0.25) is 0 Å². The van der Waals surface area contributed by atoms with Gasteiger partial charge < -0.3 is 0 Å². The number of rotatable bonds is 3. The van der Waals surface area contributed by atoms with E-state index in [1.165, 1.54) is 16.7 Å². The van der Waals surface area contributed by atoms with E-state index in [1.807, 2.05) is 12.1 Å². The molecule has 3 aromatic rings. The van der Waals surface area contributed by atoms with Gasteiger partial charge in [0.2, 0.25) is 0 Å². The predicted molar refractivity (Wildman–Crippen MR) is 91.8 cm³/mol. The molecule has 23 heavy (non-hydrogen) atoms. The van der Waals surface area contributed by atoms with Crippen molar-refractivity contribution in [3.8, 4) is 0 Å². The summed E-state index contributed by atoms with van der Waals surface area (Å²) in [7, 11) is 0. The molecule has 0 saturated carbocycles. The fraction of sp³-hybridized carbons (Fsp3) is 0.143. The largest absolute Gasteiger partial charge is 0.292 e. The Morgan fingerprint density at radius 3 is 1.61 bits per heavy atom. The van der Waals surface area contributed by atoms with Crippen LogP contribution in [0.3, 0.4) is 0 Å². The van der Waals surface area contributed by atoms with Crippen molar-refractivity contribution >= 4 is 0 Å². The smallest absolute Gasteiger partial charge is 0.113 e. The van der Waals surface area contributed by atoms with E-state index >= 15 is 0 Å². The van der Waals surface area contributed by atoms with Gasteiger partial charge in [-0.05, 0) is 16.7 Å². The van der Waals surface area contributed by atoms with Gasteiger partial charge in [0.15, 0.2) is 0 Å². The maximum Gasteiger partial charge on any atom is 0.113 e. The molecule has 0 bridgehead atoms. The lowest BCUT2D eigenvalue weighted by Crippen LogP contribution is -2.16. The highest BCUT2D eigenvalue weighted by Crippen LogP contribution is 2.46. The highest BCUT2D eigenvalue weighted by molar-refractivity contribution is 5.33. The van der Waals surface area contributed by atoms with Crippen LogP contribution in [0.5, 0.6) is 0 Å². The second-order valence-electron chi connectivity index (χ2n) is 5.89. The van der Waals surface area contributed by atoms with Crippen molar-refractivity contribution in [1.29, 1.82) is 0 Å². The van der Waals surface area contributed by atoms with Crippen molar-refractivity contribution in [3.63, 3.8) is 0 Å². The van der Waals surface area contributed by atoms with Gasteiger partial charge in [-0.25, -0.2) is 0 Å². The number of hydrogen-bond acceptors (Lipinski definition) is 2. The minimum absolute atomic E-state index is 0.00352. The molecule has 1 heterocycles. The van der Waals surface area contributed by atoms with Crippen molar-refractivity contribution in [3.05, 3.63) is 108 Å². The SMILES string of the molecule is c1ccc(C2NOC(c3ccccc3)C2c2ccccc2)cc1. The van der Waals surface area contributed by atoms with Crippen LogP contribution in [0.25, 0.3) is 0 Å². The minimum Gasteiger partial charge on any atom is -0.292 e. The van der Waals surface area contributed by atoms with E-state index < -0.39 is 0 Å². The number of hydroxylamine groups is 1. The molecule has 2 heteroatoms. The molecular formula is C21H19NO. The number of hydrogen-bond donors (Lipinski definition) is 1. The number of nitrogens with one attached hydrogen (secondary N) is 1. The van der Waals surface area contributed by atoms with E-state index in [9.17, 15) is 0 Å². The second-order valence-corrected chi connectivity index (χ2v) is 5.89. The Labute approximate surface area is 136 Å². The quantitative estimate of drug-likeness (QED) is 0.751. The summed E-state index contributed by atoms with van der Waals surface area (Å²) in [6, 6.07) is 31.7. The maximum atomic E-state index is 6.02. The highest BCUT2D eigenvalue weighted by Gasteiger charge is 2.40. The van der Waals surface area contributed by atoms with Crippen LogP contribution in [0.4, 0.5) is 0 Å². The molecule has 0 spiro atoms. The van der Waals surface area contributed by atoms with Gasteiger partial charge in [0.25, 0.3) is 0 Å². The van der Waals surface area contributed by atoms with E-state index in [-0.39, 0.29) is 18.1 Å². The molecule has 0 aromatic heterocycles. The van der Waals surface area contributed by atoms with Gasteiger partial charge in [0.1, 0.15) is 6.10 Å². The summed E-state index contributed by atoms with van der Waals surface area (Å²) in [5.41, 5.74) is 7.01. The van der Waals surface area contributed by atoms with Crippen LogP contribution in [0.15, 0.2) is 91.0 Å². The molecule has 3 atom stereocenters. The Morgan fingerprint density at radius 2 is 1.04 bits per heavy atom.